The number of halogens is 1. The highest BCUT2D eigenvalue weighted by Gasteiger charge is 2.38. The highest BCUT2D eigenvalue weighted by atomic mass is 19.1. The monoisotopic (exact) mass is 423 g/mol. The van der Waals surface area contributed by atoms with Gasteiger partial charge in [-0.05, 0) is 56.3 Å². The van der Waals surface area contributed by atoms with E-state index in [4.69, 9.17) is 0 Å². The van der Waals surface area contributed by atoms with Gasteiger partial charge in [0.05, 0.1) is 11.1 Å². The van der Waals surface area contributed by atoms with Gasteiger partial charge in [0.25, 0.3) is 23.6 Å². The van der Waals surface area contributed by atoms with Crippen LogP contribution >= 0.6 is 0 Å². The number of carbonyl (C=O) groups is 4. The first-order chi connectivity index (χ1) is 14.8. The Hall–Kier alpha value is -3.55. The third-order valence-corrected chi connectivity index (χ3v) is 5.63. The lowest BCUT2D eigenvalue weighted by Crippen LogP contribution is -2.50. The fourth-order valence-corrected chi connectivity index (χ4v) is 3.93. The van der Waals surface area contributed by atoms with Gasteiger partial charge in [-0.3, -0.25) is 24.1 Å². The molecule has 0 atom stereocenters. The zero-order valence-electron chi connectivity index (χ0n) is 17.3. The molecular formula is C23H22FN3O4. The number of nitrogens with zero attached hydrogens (tertiary/aromatic N) is 3. The maximum Gasteiger partial charge on any atom is 0.261 e. The molecular weight excluding hydrogens is 401 g/mol. The number of rotatable bonds is 3. The Kier molecular flexibility index (Phi) is 5.31. The van der Waals surface area contributed by atoms with Crippen molar-refractivity contribution in [3.05, 3.63) is 70.5 Å². The van der Waals surface area contributed by atoms with Crippen LogP contribution < -0.4 is 0 Å². The topological polar surface area (TPSA) is 78.0 Å². The number of benzene rings is 2. The minimum atomic E-state index is -0.405. The van der Waals surface area contributed by atoms with Crippen LogP contribution in [0.1, 0.15) is 55.3 Å². The maximum atomic E-state index is 13.1. The minimum absolute atomic E-state index is 0.206. The smallest absolute Gasteiger partial charge is 0.261 e. The Morgan fingerprint density at radius 2 is 1.26 bits per heavy atom. The van der Waals surface area contributed by atoms with Gasteiger partial charge in [-0.15, -0.1) is 0 Å². The molecule has 8 heteroatoms. The van der Waals surface area contributed by atoms with Crippen molar-refractivity contribution in [3.8, 4) is 0 Å². The summed E-state index contributed by atoms with van der Waals surface area (Å²) in [4.78, 5) is 55.0. The minimum Gasteiger partial charge on any atom is -0.335 e. The molecule has 0 N–H and O–H groups in total. The molecule has 0 unspecified atom stereocenters. The van der Waals surface area contributed by atoms with Gasteiger partial charge in [0.15, 0.2) is 0 Å². The van der Waals surface area contributed by atoms with Crippen molar-refractivity contribution in [2.75, 3.05) is 26.2 Å². The van der Waals surface area contributed by atoms with Crippen LogP contribution in [0.3, 0.4) is 0 Å². The highest BCUT2D eigenvalue weighted by Crippen LogP contribution is 2.26. The van der Waals surface area contributed by atoms with Crippen molar-refractivity contribution in [2.45, 2.75) is 19.9 Å². The largest absolute Gasteiger partial charge is 0.335 e. The van der Waals surface area contributed by atoms with Crippen molar-refractivity contribution >= 4 is 23.6 Å². The van der Waals surface area contributed by atoms with Gasteiger partial charge in [-0.25, -0.2) is 4.39 Å². The average Bonchev–Trinajstić information content (AvgIpc) is 3.03. The summed E-state index contributed by atoms with van der Waals surface area (Å²) in [5.74, 6) is -1.60. The normalized spacial score (nSPS) is 16.2. The second-order valence-electron chi connectivity index (χ2n) is 7.93. The number of fused-ring (bicyclic) bond motifs is 1. The van der Waals surface area contributed by atoms with Gasteiger partial charge in [0.2, 0.25) is 0 Å². The molecule has 0 aromatic heterocycles. The van der Waals surface area contributed by atoms with Crippen molar-refractivity contribution in [3.63, 3.8) is 0 Å². The summed E-state index contributed by atoms with van der Waals surface area (Å²) >= 11 is 0. The van der Waals surface area contributed by atoms with Crippen LogP contribution in [-0.2, 0) is 0 Å². The molecule has 160 valence electrons. The standard InChI is InChI=1S/C23H22FN3O4/c1-14(2)27-22(30)18-8-5-16(13-19(18)23(27)31)21(29)26-11-9-25(10-12-26)20(28)15-3-6-17(24)7-4-15/h3-8,13-14H,9-12H2,1-2H3. The van der Waals surface area contributed by atoms with Crippen LogP contribution in [0.2, 0.25) is 0 Å². The van der Waals surface area contributed by atoms with E-state index in [-0.39, 0.29) is 35.2 Å². The highest BCUT2D eigenvalue weighted by molar-refractivity contribution is 6.22. The summed E-state index contributed by atoms with van der Waals surface area (Å²) in [6.45, 7) is 4.92. The lowest BCUT2D eigenvalue weighted by atomic mass is 10.0. The van der Waals surface area contributed by atoms with Gasteiger partial charge in [0, 0.05) is 43.3 Å². The van der Waals surface area contributed by atoms with E-state index in [0.29, 0.717) is 42.9 Å². The molecule has 1 fully saturated rings. The van der Waals surface area contributed by atoms with E-state index in [9.17, 15) is 23.6 Å². The van der Waals surface area contributed by atoms with Gasteiger partial charge < -0.3 is 9.80 Å². The van der Waals surface area contributed by atoms with Crippen molar-refractivity contribution in [2.24, 2.45) is 0 Å². The third kappa shape index (κ3) is 3.69. The molecule has 2 aliphatic rings. The molecule has 1 saturated heterocycles. The summed E-state index contributed by atoms with van der Waals surface area (Å²) in [5, 5.41) is 0. The SMILES string of the molecule is CC(C)N1C(=O)c2ccc(C(=O)N3CCN(C(=O)c4ccc(F)cc4)CC3)cc2C1=O. The Morgan fingerprint density at radius 3 is 1.81 bits per heavy atom. The quantitative estimate of drug-likeness (QED) is 0.711. The first-order valence-electron chi connectivity index (χ1n) is 10.1. The molecule has 2 aliphatic heterocycles. The van der Waals surface area contributed by atoms with Crippen LogP contribution in [0.15, 0.2) is 42.5 Å². The van der Waals surface area contributed by atoms with Gasteiger partial charge >= 0.3 is 0 Å². The Labute approximate surface area is 179 Å². The van der Waals surface area contributed by atoms with Gasteiger partial charge in [0.1, 0.15) is 5.82 Å². The molecule has 2 aromatic carbocycles. The molecule has 0 spiro atoms. The molecule has 2 heterocycles. The van der Waals surface area contributed by atoms with Crippen LogP contribution in [0, 0.1) is 5.82 Å². The lowest BCUT2D eigenvalue weighted by molar-refractivity contribution is 0.0535. The Bertz CT molecular complexity index is 1070. The molecule has 2 aromatic rings. The van der Waals surface area contributed by atoms with E-state index in [2.05, 4.69) is 0 Å². The zero-order chi connectivity index (χ0) is 22.3. The third-order valence-electron chi connectivity index (χ3n) is 5.63. The molecule has 4 rings (SSSR count). The van der Waals surface area contributed by atoms with Crippen molar-refractivity contribution in [1.29, 1.82) is 0 Å². The number of imide groups is 1. The number of hydrogen-bond acceptors (Lipinski definition) is 4. The number of carbonyl (C=O) groups excluding carboxylic acids is 4. The Balaban J connectivity index is 1.44. The van der Waals surface area contributed by atoms with Gasteiger partial charge in [-0.1, -0.05) is 0 Å². The second-order valence-corrected chi connectivity index (χ2v) is 7.93. The van der Waals surface area contributed by atoms with Crippen LogP contribution in [0.25, 0.3) is 0 Å². The number of amides is 4. The predicted octanol–water partition coefficient (Wildman–Crippen LogP) is 2.43. The first kappa shape index (κ1) is 20.7. The molecule has 7 nitrogen and oxygen atoms in total. The van der Waals surface area contributed by atoms with E-state index in [1.54, 1.807) is 29.7 Å². The molecule has 0 bridgehead atoms. The zero-order valence-corrected chi connectivity index (χ0v) is 17.3. The van der Waals surface area contributed by atoms with E-state index < -0.39 is 5.82 Å². The van der Waals surface area contributed by atoms with Crippen LogP contribution in [0.5, 0.6) is 0 Å². The molecule has 0 saturated carbocycles. The van der Waals surface area contributed by atoms with E-state index in [0.717, 1.165) is 0 Å². The fourth-order valence-electron chi connectivity index (χ4n) is 3.93. The predicted molar refractivity (Wildman–Crippen MR) is 110 cm³/mol. The summed E-state index contributed by atoms with van der Waals surface area (Å²) < 4.78 is 13.1. The average molecular weight is 423 g/mol. The molecule has 31 heavy (non-hydrogen) atoms. The summed E-state index contributed by atoms with van der Waals surface area (Å²) in [6, 6.07) is 9.68. The molecule has 4 amide bonds. The lowest BCUT2D eigenvalue weighted by Gasteiger charge is -2.35. The van der Waals surface area contributed by atoms with Crippen LogP contribution in [-0.4, -0.2) is 70.5 Å². The molecule has 0 radical (unpaired) electrons. The molecule has 0 aliphatic carbocycles. The second kappa shape index (κ2) is 7.94. The Morgan fingerprint density at radius 1 is 0.774 bits per heavy atom. The van der Waals surface area contributed by atoms with E-state index >= 15 is 0 Å². The van der Waals surface area contributed by atoms with Gasteiger partial charge in [-0.2, -0.15) is 0 Å². The van der Waals surface area contributed by atoms with Crippen LogP contribution in [0.4, 0.5) is 4.39 Å². The maximum absolute atomic E-state index is 13.1. The number of piperazine rings is 1. The van der Waals surface area contributed by atoms with E-state index in [1.165, 1.54) is 41.3 Å². The summed E-state index contributed by atoms with van der Waals surface area (Å²) in [5.41, 5.74) is 1.29. The summed E-state index contributed by atoms with van der Waals surface area (Å²) in [6.07, 6.45) is 0. The van der Waals surface area contributed by atoms with Crippen molar-refractivity contribution in [1.82, 2.24) is 14.7 Å². The van der Waals surface area contributed by atoms with E-state index in [1.807, 2.05) is 0 Å². The fraction of sp³-hybridized carbons (Fsp3) is 0.304. The first-order valence-corrected chi connectivity index (χ1v) is 10.1. The number of hydrogen-bond donors (Lipinski definition) is 0. The summed E-state index contributed by atoms with van der Waals surface area (Å²) in [7, 11) is 0. The van der Waals surface area contributed by atoms with Crippen molar-refractivity contribution < 1.29 is 23.6 Å².